The molecule has 1 aliphatic carbocycles. The Morgan fingerprint density at radius 3 is 2.31 bits per heavy atom. The van der Waals surface area contributed by atoms with Gasteiger partial charge < -0.3 is 4.42 Å². The molecule has 128 valence electrons. The Balaban J connectivity index is 1.49. The average molecular weight is 344 g/mol. The van der Waals surface area contributed by atoms with E-state index < -0.39 is 11.8 Å². The van der Waals surface area contributed by atoms with E-state index in [-0.39, 0.29) is 0 Å². The second kappa shape index (κ2) is 5.39. The van der Waals surface area contributed by atoms with E-state index in [1.165, 1.54) is 6.21 Å². The first-order chi connectivity index (χ1) is 12.6. The summed E-state index contributed by atoms with van der Waals surface area (Å²) in [7, 11) is 0. The van der Waals surface area contributed by atoms with Crippen molar-refractivity contribution in [1.29, 1.82) is 0 Å². The van der Waals surface area contributed by atoms with Crippen LogP contribution in [0.4, 0.5) is 0 Å². The summed E-state index contributed by atoms with van der Waals surface area (Å²) in [6, 6.07) is 14.6. The second-order valence-corrected chi connectivity index (χ2v) is 6.94. The van der Waals surface area contributed by atoms with Crippen molar-refractivity contribution in [3.63, 3.8) is 0 Å². The van der Waals surface area contributed by atoms with Gasteiger partial charge in [0.1, 0.15) is 11.5 Å². The lowest BCUT2D eigenvalue weighted by atomic mass is 9.95. The van der Waals surface area contributed by atoms with E-state index in [0.29, 0.717) is 34.1 Å². The molecule has 0 unspecified atom stereocenters. The third-order valence-electron chi connectivity index (χ3n) is 5.17. The normalized spacial score (nSPS) is 21.8. The largest absolute Gasteiger partial charge is 0.460 e. The molecular formula is C21H16N2O3. The van der Waals surface area contributed by atoms with E-state index in [1.807, 2.05) is 36.4 Å². The van der Waals surface area contributed by atoms with Crippen LogP contribution in [0.3, 0.4) is 0 Å². The van der Waals surface area contributed by atoms with Gasteiger partial charge in [0.05, 0.1) is 17.3 Å². The Morgan fingerprint density at radius 1 is 1.04 bits per heavy atom. The first-order valence-corrected chi connectivity index (χ1v) is 8.68. The van der Waals surface area contributed by atoms with Crippen LogP contribution in [0.2, 0.25) is 0 Å². The number of carbonyl (C=O) groups is 2. The monoisotopic (exact) mass is 344 g/mol. The maximum atomic E-state index is 12.8. The Hall–Kier alpha value is -3.21. The summed E-state index contributed by atoms with van der Waals surface area (Å²) < 4.78 is 5.77. The van der Waals surface area contributed by atoms with Gasteiger partial charge in [-0.2, -0.15) is 10.1 Å². The van der Waals surface area contributed by atoms with E-state index in [0.717, 1.165) is 22.6 Å². The highest BCUT2D eigenvalue weighted by atomic mass is 16.3. The summed E-state index contributed by atoms with van der Waals surface area (Å²) in [4.78, 5) is 25.5. The third kappa shape index (κ3) is 2.20. The van der Waals surface area contributed by atoms with E-state index in [9.17, 15) is 9.59 Å². The molecule has 1 fully saturated rings. The maximum Gasteiger partial charge on any atom is 0.282 e. The van der Waals surface area contributed by atoms with Crippen molar-refractivity contribution in [3.05, 3.63) is 71.2 Å². The highest BCUT2D eigenvalue weighted by Crippen LogP contribution is 2.47. The van der Waals surface area contributed by atoms with Crippen molar-refractivity contribution in [2.45, 2.75) is 19.3 Å². The van der Waals surface area contributed by atoms with Gasteiger partial charge in [0.2, 0.25) is 0 Å². The summed E-state index contributed by atoms with van der Waals surface area (Å²) in [6.45, 7) is 2.18. The zero-order valence-electron chi connectivity index (χ0n) is 14.2. The minimum Gasteiger partial charge on any atom is -0.460 e. The minimum atomic E-state index is -0.418. The first-order valence-electron chi connectivity index (χ1n) is 8.68. The molecule has 2 aliphatic rings. The van der Waals surface area contributed by atoms with Crippen molar-refractivity contribution in [1.82, 2.24) is 5.01 Å². The number of hydrogen-bond donors (Lipinski definition) is 0. The Labute approximate surface area is 149 Å². The van der Waals surface area contributed by atoms with Gasteiger partial charge in [-0.3, -0.25) is 9.59 Å². The van der Waals surface area contributed by atoms with Gasteiger partial charge >= 0.3 is 0 Å². The van der Waals surface area contributed by atoms with Crippen LogP contribution in [0.15, 0.2) is 58.0 Å². The van der Waals surface area contributed by atoms with E-state index in [1.54, 1.807) is 12.1 Å². The van der Waals surface area contributed by atoms with Crippen LogP contribution in [-0.2, 0) is 0 Å². The Bertz CT molecular complexity index is 1040. The second-order valence-electron chi connectivity index (χ2n) is 6.94. The SMILES string of the molecule is C[C@@H]1C[C@@H]1c1ccc(/C=N\N2C(=O)c3cccc4cccc(c34)C2=O)o1. The lowest BCUT2D eigenvalue weighted by Crippen LogP contribution is -2.36. The molecule has 5 nitrogen and oxygen atoms in total. The van der Waals surface area contributed by atoms with Crippen LogP contribution in [0.25, 0.3) is 10.8 Å². The molecule has 2 heterocycles. The highest BCUT2D eigenvalue weighted by molar-refractivity contribution is 6.25. The quantitative estimate of drug-likeness (QED) is 0.529. The van der Waals surface area contributed by atoms with Crippen LogP contribution in [-0.4, -0.2) is 23.0 Å². The number of rotatable bonds is 3. The molecule has 3 aromatic rings. The van der Waals surface area contributed by atoms with Crippen LogP contribution in [0.1, 0.15) is 51.5 Å². The van der Waals surface area contributed by atoms with Crippen LogP contribution in [0.5, 0.6) is 0 Å². The first kappa shape index (κ1) is 15.1. The Morgan fingerprint density at radius 2 is 1.69 bits per heavy atom. The van der Waals surface area contributed by atoms with Gasteiger partial charge in [-0.15, -0.1) is 0 Å². The van der Waals surface area contributed by atoms with Crippen LogP contribution >= 0.6 is 0 Å². The number of hydrazone groups is 1. The smallest absolute Gasteiger partial charge is 0.282 e. The van der Waals surface area contributed by atoms with Crippen molar-refractivity contribution < 1.29 is 14.0 Å². The lowest BCUT2D eigenvalue weighted by molar-refractivity contribution is 0.0616. The van der Waals surface area contributed by atoms with Crippen LogP contribution in [0, 0.1) is 5.92 Å². The lowest BCUT2D eigenvalue weighted by Gasteiger charge is -2.22. The number of carbonyl (C=O) groups excluding carboxylic acids is 2. The molecule has 0 radical (unpaired) electrons. The van der Waals surface area contributed by atoms with Crippen LogP contribution < -0.4 is 0 Å². The molecule has 5 heteroatoms. The molecule has 0 saturated heterocycles. The summed E-state index contributed by atoms with van der Waals surface area (Å²) in [5.74, 6) is 1.76. The average Bonchev–Trinajstić information content (AvgIpc) is 3.19. The van der Waals surface area contributed by atoms with Gasteiger partial charge in [0.15, 0.2) is 0 Å². The summed E-state index contributed by atoms with van der Waals surface area (Å²) in [5, 5.41) is 6.61. The molecule has 0 spiro atoms. The summed E-state index contributed by atoms with van der Waals surface area (Å²) >= 11 is 0. The maximum absolute atomic E-state index is 12.8. The highest BCUT2D eigenvalue weighted by Gasteiger charge is 2.36. The molecule has 1 saturated carbocycles. The van der Waals surface area contributed by atoms with Crippen molar-refractivity contribution >= 4 is 28.8 Å². The zero-order valence-corrected chi connectivity index (χ0v) is 14.2. The fourth-order valence-corrected chi connectivity index (χ4v) is 3.59. The predicted molar refractivity (Wildman–Crippen MR) is 97.3 cm³/mol. The fraction of sp³-hybridized carbons (Fsp3) is 0.190. The van der Waals surface area contributed by atoms with Gasteiger partial charge in [-0.25, -0.2) is 0 Å². The molecule has 5 rings (SSSR count). The van der Waals surface area contributed by atoms with E-state index in [2.05, 4.69) is 12.0 Å². The predicted octanol–water partition coefficient (Wildman–Crippen LogP) is 4.19. The van der Waals surface area contributed by atoms with Gasteiger partial charge in [-0.05, 0) is 42.0 Å². The van der Waals surface area contributed by atoms with Crippen molar-refractivity contribution in [3.8, 4) is 0 Å². The molecule has 26 heavy (non-hydrogen) atoms. The van der Waals surface area contributed by atoms with E-state index >= 15 is 0 Å². The number of amides is 2. The molecule has 0 bridgehead atoms. The number of furan rings is 1. The molecule has 1 aromatic heterocycles. The third-order valence-corrected chi connectivity index (χ3v) is 5.17. The van der Waals surface area contributed by atoms with Gasteiger partial charge in [-0.1, -0.05) is 31.2 Å². The number of benzene rings is 2. The summed E-state index contributed by atoms with van der Waals surface area (Å²) in [6.07, 6.45) is 2.56. The van der Waals surface area contributed by atoms with Crippen molar-refractivity contribution in [2.24, 2.45) is 11.0 Å². The number of imide groups is 1. The molecule has 2 atom stereocenters. The van der Waals surface area contributed by atoms with Gasteiger partial charge in [0.25, 0.3) is 11.8 Å². The molecule has 0 N–H and O–H groups in total. The molecule has 1 aliphatic heterocycles. The number of nitrogens with zero attached hydrogens (tertiary/aromatic N) is 2. The zero-order chi connectivity index (χ0) is 17.8. The number of hydrogen-bond acceptors (Lipinski definition) is 4. The van der Waals surface area contributed by atoms with Gasteiger partial charge in [0, 0.05) is 11.3 Å². The Kier molecular flexibility index (Phi) is 3.13. The minimum absolute atomic E-state index is 0.418. The van der Waals surface area contributed by atoms with Crippen molar-refractivity contribution in [2.75, 3.05) is 0 Å². The standard InChI is InChI=1S/C21H16N2O3/c1-12-10-17(12)18-9-8-14(26-18)11-22-23-20(24)15-6-2-4-13-5-3-7-16(19(13)15)21(23)25/h2-9,11-12,17H,10H2,1H3/b22-11-/t12-,17+/m1/s1. The molecule has 2 amide bonds. The topological polar surface area (TPSA) is 62.9 Å². The molecular weight excluding hydrogens is 328 g/mol. The molecule has 2 aromatic carbocycles. The fourth-order valence-electron chi connectivity index (χ4n) is 3.59. The summed E-state index contributed by atoms with van der Waals surface area (Å²) in [5.41, 5.74) is 0.976. The van der Waals surface area contributed by atoms with E-state index in [4.69, 9.17) is 4.42 Å².